The van der Waals surface area contributed by atoms with Crippen LogP contribution in [0.1, 0.15) is 5.56 Å². The summed E-state index contributed by atoms with van der Waals surface area (Å²) >= 11 is 0. The third-order valence-electron chi connectivity index (χ3n) is 4.81. The minimum absolute atomic E-state index is 1.39. The van der Waals surface area contributed by atoms with E-state index < -0.39 is 90.6 Å². The maximum Gasteiger partial charge on any atom is 0.329 e. The van der Waals surface area contributed by atoms with Gasteiger partial charge in [0.2, 0.25) is 0 Å². The average Bonchev–Trinajstić information content (AvgIpc) is 3.19. The molecule has 2 aliphatic rings. The van der Waals surface area contributed by atoms with Crippen LogP contribution in [0.25, 0.3) is 27.4 Å². The summed E-state index contributed by atoms with van der Waals surface area (Å²) in [5.41, 5.74) is -1.75. The van der Waals surface area contributed by atoms with Crippen molar-refractivity contribution in [2.24, 2.45) is 0 Å². The molecule has 0 N–H and O–H groups in total. The molecule has 0 radical (unpaired) electrons. The van der Waals surface area contributed by atoms with Crippen LogP contribution in [0, 0.1) is 40.7 Å². The third kappa shape index (κ3) is 1.44. The van der Waals surface area contributed by atoms with E-state index >= 15 is 0 Å². The van der Waals surface area contributed by atoms with Gasteiger partial charge in [-0.15, -0.1) is 0 Å². The number of benzene rings is 3. The van der Waals surface area contributed by atoms with Gasteiger partial charge in [0.25, 0.3) is 0 Å². The molecule has 0 aromatic heterocycles. The molecule has 3 aromatic carbocycles. The summed E-state index contributed by atoms with van der Waals surface area (Å²) in [6.07, 6.45) is 0. The van der Waals surface area contributed by atoms with Crippen molar-refractivity contribution in [3.05, 3.63) is 51.5 Å². The van der Waals surface area contributed by atoms with Crippen molar-refractivity contribution in [2.75, 3.05) is 0 Å². The minimum Gasteiger partial charge on any atom is -0.289 e. The van der Waals surface area contributed by atoms with E-state index in [9.17, 15) is 43.9 Å². The van der Waals surface area contributed by atoms with Gasteiger partial charge in [0.15, 0.2) is 46.5 Å². The first-order valence-electron chi connectivity index (χ1n) is 7.05. The van der Waals surface area contributed by atoms with Crippen LogP contribution in [0.15, 0.2) is 0 Å². The van der Waals surface area contributed by atoms with E-state index in [1.807, 2.05) is 0 Å². The summed E-state index contributed by atoms with van der Waals surface area (Å²) in [7, 11) is 0. The van der Waals surface area contributed by atoms with Crippen molar-refractivity contribution in [3.8, 4) is 0 Å². The topological polar surface area (TPSA) is 12.5 Å². The molecule has 0 spiro atoms. The molecule has 1 saturated heterocycles. The van der Waals surface area contributed by atoms with E-state index in [0.717, 1.165) is 0 Å². The fourth-order valence-corrected chi connectivity index (χ4v) is 3.59. The van der Waals surface area contributed by atoms with Crippen molar-refractivity contribution in [1.82, 2.24) is 0 Å². The molecule has 1 aliphatic carbocycles. The predicted molar refractivity (Wildman–Crippen MR) is 68.6 cm³/mol. The van der Waals surface area contributed by atoms with Gasteiger partial charge in [-0.25, -0.2) is 35.1 Å². The van der Waals surface area contributed by atoms with E-state index in [-0.39, 0.29) is 0 Å². The zero-order valence-corrected chi connectivity index (χ0v) is 12.2. The molecule has 1 heterocycles. The Morgan fingerprint density at radius 3 is 1.52 bits per heavy atom. The molecule has 0 bridgehead atoms. The SMILES string of the molecule is FC1=c2c(F)c(F)c3c(F)c(F)c(F)c4c(F)c(F)c(c2c43)C2(F)OC12F. The molecule has 2 atom stereocenters. The molecule has 3 aromatic rings. The molecule has 1 fully saturated rings. The summed E-state index contributed by atoms with van der Waals surface area (Å²) < 4.78 is 146. The first-order valence-corrected chi connectivity index (χ1v) is 7.05. The Balaban J connectivity index is 2.30. The smallest absolute Gasteiger partial charge is 0.289 e. The second-order valence-electron chi connectivity index (χ2n) is 6.05. The zero-order chi connectivity index (χ0) is 19.8. The first kappa shape index (κ1) is 16.6. The van der Waals surface area contributed by atoms with E-state index in [2.05, 4.69) is 4.74 Å². The second-order valence-corrected chi connectivity index (χ2v) is 6.05. The van der Waals surface area contributed by atoms with Crippen molar-refractivity contribution >= 4 is 27.4 Å². The van der Waals surface area contributed by atoms with Gasteiger partial charge in [0.05, 0.1) is 21.6 Å². The summed E-state index contributed by atoms with van der Waals surface area (Å²) in [6.45, 7) is 0. The van der Waals surface area contributed by atoms with E-state index in [4.69, 9.17) is 0 Å². The molecule has 0 amide bonds. The van der Waals surface area contributed by atoms with Gasteiger partial charge >= 0.3 is 11.7 Å². The molecule has 2 unspecified atom stereocenters. The van der Waals surface area contributed by atoms with Gasteiger partial charge in [0.1, 0.15) is 0 Å². The van der Waals surface area contributed by atoms with Crippen LogP contribution in [-0.4, -0.2) is 5.85 Å². The van der Waals surface area contributed by atoms with Gasteiger partial charge < -0.3 is 0 Å². The lowest BCUT2D eigenvalue weighted by molar-refractivity contribution is 0.134. The molecule has 5 rings (SSSR count). The molecular formula is C16F10O. The van der Waals surface area contributed by atoms with Gasteiger partial charge in [0, 0.05) is 10.8 Å². The summed E-state index contributed by atoms with van der Waals surface area (Å²) in [4.78, 5) is 0. The third-order valence-corrected chi connectivity index (χ3v) is 4.81. The standard InChI is InChI=1S/C16F10O/c17-7-3-1-2-5(11(7)21)14(24)16(26)15(25,27-16)6(2)12(22)8(18)4(1)10(20)13(23)9(3)19. The van der Waals surface area contributed by atoms with Crippen LogP contribution in [0.4, 0.5) is 43.9 Å². The number of halogens is 10. The highest BCUT2D eigenvalue weighted by atomic mass is 19.2. The Morgan fingerprint density at radius 2 is 0.963 bits per heavy atom. The summed E-state index contributed by atoms with van der Waals surface area (Å²) in [5.74, 6) is -27.0. The lowest BCUT2D eigenvalue weighted by atomic mass is 9.86. The van der Waals surface area contributed by atoms with Crippen LogP contribution < -0.4 is 5.22 Å². The van der Waals surface area contributed by atoms with Crippen molar-refractivity contribution in [3.63, 3.8) is 0 Å². The number of ether oxygens (including phenoxy) is 1. The van der Waals surface area contributed by atoms with Crippen LogP contribution in [0.3, 0.4) is 0 Å². The Morgan fingerprint density at radius 1 is 0.481 bits per heavy atom. The highest BCUT2D eigenvalue weighted by molar-refractivity contribution is 6.14. The minimum atomic E-state index is -4.08. The van der Waals surface area contributed by atoms with E-state index in [1.54, 1.807) is 0 Å². The monoisotopic (exact) mass is 398 g/mol. The molecule has 11 heteroatoms. The first-order chi connectivity index (χ1) is 12.5. The summed E-state index contributed by atoms with van der Waals surface area (Å²) in [5, 5.41) is -7.97. The Kier molecular flexibility index (Phi) is 2.64. The van der Waals surface area contributed by atoms with Gasteiger partial charge in [-0.3, -0.25) is 4.74 Å². The van der Waals surface area contributed by atoms with Crippen LogP contribution in [0.2, 0.25) is 0 Å². The van der Waals surface area contributed by atoms with Gasteiger partial charge in [-0.1, -0.05) is 0 Å². The van der Waals surface area contributed by atoms with E-state index in [0.29, 0.717) is 0 Å². The quantitative estimate of drug-likeness (QED) is 0.307. The number of rotatable bonds is 0. The molecule has 0 saturated carbocycles. The Hall–Kier alpha value is -2.56. The molecular weight excluding hydrogens is 398 g/mol. The Labute approximate surface area is 140 Å². The van der Waals surface area contributed by atoms with Gasteiger partial charge in [-0.2, -0.15) is 8.78 Å². The number of hydrogen-bond donors (Lipinski definition) is 0. The average molecular weight is 398 g/mol. The van der Waals surface area contributed by atoms with Gasteiger partial charge in [-0.05, 0) is 0 Å². The highest BCUT2D eigenvalue weighted by Gasteiger charge is 2.81. The number of hydrogen-bond acceptors (Lipinski definition) is 1. The normalized spacial score (nSPS) is 26.2. The van der Waals surface area contributed by atoms with Crippen molar-refractivity contribution in [1.29, 1.82) is 0 Å². The lowest BCUT2D eigenvalue weighted by Crippen LogP contribution is -2.32. The molecule has 1 aliphatic heterocycles. The zero-order valence-electron chi connectivity index (χ0n) is 12.2. The van der Waals surface area contributed by atoms with Crippen LogP contribution in [-0.2, 0) is 10.6 Å². The maximum atomic E-state index is 14.6. The van der Waals surface area contributed by atoms with Crippen molar-refractivity contribution in [2.45, 2.75) is 11.7 Å². The van der Waals surface area contributed by atoms with E-state index in [1.165, 1.54) is 0 Å². The molecule has 27 heavy (non-hydrogen) atoms. The highest BCUT2D eigenvalue weighted by Crippen LogP contribution is 2.66. The van der Waals surface area contributed by atoms with Crippen molar-refractivity contribution < 1.29 is 48.6 Å². The van der Waals surface area contributed by atoms with Crippen LogP contribution >= 0.6 is 0 Å². The number of alkyl halides is 2. The predicted octanol–water partition coefficient (Wildman–Crippen LogP) is 4.60. The fourth-order valence-electron chi connectivity index (χ4n) is 3.59. The van der Waals surface area contributed by atoms with Crippen LogP contribution in [0.5, 0.6) is 0 Å². The largest absolute Gasteiger partial charge is 0.329 e. The summed E-state index contributed by atoms with van der Waals surface area (Å²) in [6, 6.07) is 0. The number of epoxide rings is 1. The molecule has 140 valence electrons. The molecule has 1 nitrogen and oxygen atoms in total. The maximum absolute atomic E-state index is 14.6. The second kappa shape index (κ2) is 4.29. The Bertz CT molecular complexity index is 1290. The fraction of sp³-hybridized carbons (Fsp3) is 0.125. The number of fused-ring (bicyclic) bond motifs is 2. The lowest BCUT2D eigenvalue weighted by Gasteiger charge is -2.20.